The Hall–Kier alpha value is -1.76. The lowest BCUT2D eigenvalue weighted by molar-refractivity contribution is -0.119. The highest BCUT2D eigenvalue weighted by Gasteiger charge is 2.26. The summed E-state index contributed by atoms with van der Waals surface area (Å²) in [6.07, 6.45) is 12.5. The van der Waals surface area contributed by atoms with E-state index in [1.54, 1.807) is 6.26 Å². The number of carbonyl (C=O) groups excluding carboxylic acids is 1. The standard InChI is InChI=1S/C21H30N4O2S/c1-15-8-5-6-11-17(15)22-19(26)14-28-21-24-23-20(18-12-7-13-27-18)25(21)16-9-3-2-4-10-16/h7,12-13,15-17H,2-6,8-11,14H2,1H3,(H,22,26). The lowest BCUT2D eigenvalue weighted by Crippen LogP contribution is -2.41. The Kier molecular flexibility index (Phi) is 6.40. The van der Waals surface area contributed by atoms with Crippen LogP contribution >= 0.6 is 11.8 Å². The number of rotatable bonds is 6. The second-order valence-electron chi connectivity index (χ2n) is 8.17. The normalized spacial score (nSPS) is 23.6. The van der Waals surface area contributed by atoms with Gasteiger partial charge in [-0.3, -0.25) is 9.36 Å². The van der Waals surface area contributed by atoms with Crippen LogP contribution in [-0.2, 0) is 4.79 Å². The first-order chi connectivity index (χ1) is 13.7. The predicted octanol–water partition coefficient (Wildman–Crippen LogP) is 4.83. The van der Waals surface area contributed by atoms with Crippen LogP contribution in [0.1, 0.15) is 70.8 Å². The number of amides is 1. The molecule has 0 aromatic carbocycles. The van der Waals surface area contributed by atoms with E-state index in [9.17, 15) is 4.79 Å². The van der Waals surface area contributed by atoms with Gasteiger partial charge < -0.3 is 9.73 Å². The summed E-state index contributed by atoms with van der Waals surface area (Å²) in [4.78, 5) is 12.5. The average molecular weight is 403 g/mol. The van der Waals surface area contributed by atoms with Crippen LogP contribution in [0.15, 0.2) is 28.0 Å². The zero-order valence-corrected chi connectivity index (χ0v) is 17.4. The molecule has 7 heteroatoms. The Bertz CT molecular complexity index is 767. The maximum absolute atomic E-state index is 12.5. The minimum Gasteiger partial charge on any atom is -0.461 e. The summed E-state index contributed by atoms with van der Waals surface area (Å²) in [5.74, 6) is 2.57. The van der Waals surface area contributed by atoms with Gasteiger partial charge in [-0.05, 0) is 43.7 Å². The Labute approximate surface area is 170 Å². The molecule has 0 radical (unpaired) electrons. The van der Waals surface area contributed by atoms with Gasteiger partial charge in [-0.1, -0.05) is 50.8 Å². The van der Waals surface area contributed by atoms with E-state index in [2.05, 4.69) is 27.0 Å². The van der Waals surface area contributed by atoms with E-state index in [1.807, 2.05) is 12.1 Å². The highest BCUT2D eigenvalue weighted by molar-refractivity contribution is 7.99. The van der Waals surface area contributed by atoms with E-state index in [4.69, 9.17) is 4.42 Å². The Morgan fingerprint density at radius 3 is 2.71 bits per heavy atom. The van der Waals surface area contributed by atoms with Crippen molar-refractivity contribution in [2.75, 3.05) is 5.75 Å². The molecule has 6 nitrogen and oxygen atoms in total. The molecule has 2 saturated carbocycles. The number of nitrogens with zero attached hydrogens (tertiary/aromatic N) is 3. The minimum absolute atomic E-state index is 0.0986. The molecule has 1 amide bonds. The van der Waals surface area contributed by atoms with Gasteiger partial charge in [0, 0.05) is 12.1 Å². The first kappa shape index (κ1) is 19.6. The van der Waals surface area contributed by atoms with Gasteiger partial charge in [0.2, 0.25) is 11.7 Å². The van der Waals surface area contributed by atoms with E-state index in [-0.39, 0.29) is 5.91 Å². The van der Waals surface area contributed by atoms with Crippen molar-refractivity contribution in [2.24, 2.45) is 5.92 Å². The van der Waals surface area contributed by atoms with E-state index < -0.39 is 0 Å². The van der Waals surface area contributed by atoms with Crippen molar-refractivity contribution in [3.05, 3.63) is 18.4 Å². The molecular weight excluding hydrogens is 372 g/mol. The second kappa shape index (κ2) is 9.16. The van der Waals surface area contributed by atoms with Crippen LogP contribution in [0.5, 0.6) is 0 Å². The fraction of sp³-hybridized carbons (Fsp3) is 0.667. The molecule has 2 aromatic rings. The van der Waals surface area contributed by atoms with Gasteiger partial charge >= 0.3 is 0 Å². The van der Waals surface area contributed by atoms with Crippen LogP contribution in [0.3, 0.4) is 0 Å². The molecule has 0 spiro atoms. The molecule has 0 bridgehead atoms. The van der Waals surface area contributed by atoms with Crippen molar-refractivity contribution in [1.82, 2.24) is 20.1 Å². The van der Waals surface area contributed by atoms with Crippen molar-refractivity contribution < 1.29 is 9.21 Å². The number of hydrogen-bond donors (Lipinski definition) is 1. The third-order valence-corrected chi connectivity index (χ3v) is 7.08. The number of furan rings is 1. The second-order valence-corrected chi connectivity index (χ2v) is 9.11. The zero-order valence-electron chi connectivity index (χ0n) is 16.6. The van der Waals surface area contributed by atoms with Gasteiger partial charge in [0.05, 0.1) is 12.0 Å². The topological polar surface area (TPSA) is 73.0 Å². The van der Waals surface area contributed by atoms with Gasteiger partial charge in [0.1, 0.15) is 0 Å². The fourth-order valence-electron chi connectivity index (χ4n) is 4.53. The highest BCUT2D eigenvalue weighted by atomic mass is 32.2. The molecule has 2 aliphatic carbocycles. The van der Waals surface area contributed by atoms with Crippen LogP contribution in [-0.4, -0.2) is 32.5 Å². The molecule has 2 aliphatic rings. The van der Waals surface area contributed by atoms with Crippen molar-refractivity contribution >= 4 is 17.7 Å². The van der Waals surface area contributed by atoms with Crippen LogP contribution in [0.2, 0.25) is 0 Å². The summed E-state index contributed by atoms with van der Waals surface area (Å²) >= 11 is 1.49. The monoisotopic (exact) mass is 402 g/mol. The molecule has 2 aromatic heterocycles. The van der Waals surface area contributed by atoms with Crippen LogP contribution in [0.25, 0.3) is 11.6 Å². The first-order valence-electron chi connectivity index (χ1n) is 10.6. The molecule has 2 unspecified atom stereocenters. The van der Waals surface area contributed by atoms with Crippen LogP contribution < -0.4 is 5.32 Å². The van der Waals surface area contributed by atoms with Gasteiger partial charge in [0.25, 0.3) is 0 Å². The Balaban J connectivity index is 1.45. The van der Waals surface area contributed by atoms with Gasteiger partial charge in [-0.15, -0.1) is 10.2 Å². The summed E-state index contributed by atoms with van der Waals surface area (Å²) in [5.41, 5.74) is 0. The van der Waals surface area contributed by atoms with Crippen molar-refractivity contribution in [3.8, 4) is 11.6 Å². The lowest BCUT2D eigenvalue weighted by atomic mass is 9.86. The molecule has 2 fully saturated rings. The van der Waals surface area contributed by atoms with E-state index in [0.29, 0.717) is 23.8 Å². The van der Waals surface area contributed by atoms with Crippen LogP contribution in [0, 0.1) is 5.92 Å². The van der Waals surface area contributed by atoms with Gasteiger partial charge in [0.15, 0.2) is 10.9 Å². The van der Waals surface area contributed by atoms with E-state index in [0.717, 1.165) is 36.0 Å². The average Bonchev–Trinajstić information content (AvgIpc) is 3.38. The summed E-state index contributed by atoms with van der Waals surface area (Å²) in [6, 6.07) is 4.50. The molecule has 2 heterocycles. The summed E-state index contributed by atoms with van der Waals surface area (Å²) in [5, 5.41) is 12.9. The molecule has 0 aliphatic heterocycles. The quantitative estimate of drug-likeness (QED) is 0.701. The van der Waals surface area contributed by atoms with Crippen molar-refractivity contribution in [1.29, 1.82) is 0 Å². The maximum Gasteiger partial charge on any atom is 0.230 e. The van der Waals surface area contributed by atoms with Gasteiger partial charge in [-0.2, -0.15) is 0 Å². The van der Waals surface area contributed by atoms with E-state index >= 15 is 0 Å². The zero-order chi connectivity index (χ0) is 19.3. The van der Waals surface area contributed by atoms with E-state index in [1.165, 1.54) is 50.3 Å². The van der Waals surface area contributed by atoms with Crippen molar-refractivity contribution in [3.63, 3.8) is 0 Å². The van der Waals surface area contributed by atoms with Crippen molar-refractivity contribution in [2.45, 2.75) is 82.0 Å². The smallest absolute Gasteiger partial charge is 0.230 e. The third-order valence-electron chi connectivity index (χ3n) is 6.14. The SMILES string of the molecule is CC1CCCCC1NC(=O)CSc1nnc(-c2ccco2)n1C1CCCCC1. The number of carbonyl (C=O) groups is 1. The largest absolute Gasteiger partial charge is 0.461 e. The molecule has 2 atom stereocenters. The molecular formula is C21H30N4O2S. The summed E-state index contributed by atoms with van der Waals surface area (Å²) < 4.78 is 7.80. The molecule has 0 saturated heterocycles. The minimum atomic E-state index is 0.0986. The first-order valence-corrected chi connectivity index (χ1v) is 11.6. The van der Waals surface area contributed by atoms with Gasteiger partial charge in [-0.25, -0.2) is 0 Å². The Morgan fingerprint density at radius 2 is 1.96 bits per heavy atom. The summed E-state index contributed by atoms with van der Waals surface area (Å²) in [6.45, 7) is 2.24. The number of hydrogen-bond acceptors (Lipinski definition) is 5. The molecule has 4 rings (SSSR count). The molecule has 28 heavy (non-hydrogen) atoms. The third kappa shape index (κ3) is 4.45. The van der Waals surface area contributed by atoms with Crippen LogP contribution in [0.4, 0.5) is 0 Å². The summed E-state index contributed by atoms with van der Waals surface area (Å²) in [7, 11) is 0. The molecule has 1 N–H and O–H groups in total. The highest BCUT2D eigenvalue weighted by Crippen LogP contribution is 2.35. The lowest BCUT2D eigenvalue weighted by Gasteiger charge is -2.29. The fourth-order valence-corrected chi connectivity index (χ4v) is 5.34. The maximum atomic E-state index is 12.5. The number of aromatic nitrogens is 3. The number of thioether (sulfide) groups is 1. The predicted molar refractivity (Wildman–Crippen MR) is 110 cm³/mol. The Morgan fingerprint density at radius 1 is 1.18 bits per heavy atom. The molecule has 152 valence electrons. The number of nitrogens with one attached hydrogen (secondary N) is 1.